The number of nitrogens with one attached hydrogen (secondary N) is 1. The fourth-order valence-corrected chi connectivity index (χ4v) is 8.20. The monoisotopic (exact) mass is 639 g/mol. The third-order valence-corrected chi connectivity index (χ3v) is 10.6. The predicted octanol–water partition coefficient (Wildman–Crippen LogP) is 6.04. The zero-order valence-electron chi connectivity index (χ0n) is 27.1. The number of likely N-dealkylation sites (tertiary alicyclic amines) is 2. The summed E-state index contributed by atoms with van der Waals surface area (Å²) in [5.74, 6) is 2.00. The Morgan fingerprint density at radius 3 is 2.52 bits per heavy atom. The van der Waals surface area contributed by atoms with Gasteiger partial charge in [0, 0.05) is 79.2 Å². The second-order valence-electron chi connectivity index (χ2n) is 13.3. The van der Waals surface area contributed by atoms with Crippen LogP contribution in [0.5, 0.6) is 0 Å². The standard InChI is InChI=1S/C36H42ClN7O2/c1-5-32(45)42-14-8-9-27(21-42)44-34-29(23(3)33(35(44)46)28-10-6-7-11-30(28)37)16-38-36(40-34)39-26-12-13-31(22(2)15-26)43-19-24-17-41(4)18-25(24)20-43/h6-7,10-13,15-16,24-25,27H,5,8-9,14,17-21H2,1-4H3,(H,38,39,40)/t24-,25+,27?. The van der Waals surface area contributed by atoms with E-state index in [1.54, 1.807) is 16.8 Å². The summed E-state index contributed by atoms with van der Waals surface area (Å²) in [6.07, 6.45) is 3.83. The van der Waals surface area contributed by atoms with Crippen molar-refractivity contribution in [2.75, 3.05) is 56.5 Å². The molecule has 10 heteroatoms. The number of halogens is 1. The van der Waals surface area contributed by atoms with Crippen molar-refractivity contribution in [1.82, 2.24) is 24.3 Å². The van der Waals surface area contributed by atoms with Gasteiger partial charge in [-0.25, -0.2) is 4.98 Å². The summed E-state index contributed by atoms with van der Waals surface area (Å²) in [5.41, 5.74) is 5.82. The lowest BCUT2D eigenvalue weighted by Gasteiger charge is -2.34. The molecular weight excluding hydrogens is 598 g/mol. The number of amides is 1. The van der Waals surface area contributed by atoms with Gasteiger partial charge in [-0.3, -0.25) is 14.2 Å². The van der Waals surface area contributed by atoms with E-state index in [4.69, 9.17) is 21.6 Å². The molecule has 0 bridgehead atoms. The molecule has 1 unspecified atom stereocenters. The highest BCUT2D eigenvalue weighted by molar-refractivity contribution is 6.33. The first-order valence-corrected chi connectivity index (χ1v) is 16.8. The van der Waals surface area contributed by atoms with Crippen molar-refractivity contribution in [2.24, 2.45) is 11.8 Å². The van der Waals surface area contributed by atoms with Gasteiger partial charge in [0.25, 0.3) is 5.56 Å². The molecule has 1 amide bonds. The number of carbonyl (C=O) groups excluding carboxylic acids is 1. The second kappa shape index (κ2) is 12.3. The molecule has 3 aliphatic rings. The van der Waals surface area contributed by atoms with Crippen molar-refractivity contribution in [3.05, 3.63) is 75.2 Å². The highest BCUT2D eigenvalue weighted by Crippen LogP contribution is 2.36. The fraction of sp³-hybridized carbons (Fsp3) is 0.444. The summed E-state index contributed by atoms with van der Waals surface area (Å²) < 4.78 is 1.79. The van der Waals surface area contributed by atoms with Gasteiger partial charge in [-0.05, 0) is 81.0 Å². The first-order valence-electron chi connectivity index (χ1n) is 16.5. The van der Waals surface area contributed by atoms with Gasteiger partial charge in [0.1, 0.15) is 5.65 Å². The van der Waals surface area contributed by atoms with Crippen LogP contribution < -0.4 is 15.8 Å². The normalized spacial score (nSPS) is 21.6. The maximum atomic E-state index is 14.5. The van der Waals surface area contributed by atoms with E-state index in [1.165, 1.54) is 24.3 Å². The van der Waals surface area contributed by atoms with Gasteiger partial charge >= 0.3 is 0 Å². The van der Waals surface area contributed by atoms with Crippen molar-refractivity contribution < 1.29 is 4.79 Å². The van der Waals surface area contributed by atoms with Crippen LogP contribution in [0.25, 0.3) is 22.2 Å². The lowest BCUT2D eigenvalue weighted by Crippen LogP contribution is -2.43. The maximum Gasteiger partial charge on any atom is 0.260 e. The largest absolute Gasteiger partial charge is 0.371 e. The zero-order chi connectivity index (χ0) is 32.1. The fourth-order valence-electron chi connectivity index (χ4n) is 7.97. The number of hydrogen-bond donors (Lipinski definition) is 1. The van der Waals surface area contributed by atoms with E-state index in [-0.39, 0.29) is 17.5 Å². The molecule has 1 N–H and O–H groups in total. The lowest BCUT2D eigenvalue weighted by atomic mass is 9.98. The Morgan fingerprint density at radius 2 is 1.80 bits per heavy atom. The number of anilines is 3. The summed E-state index contributed by atoms with van der Waals surface area (Å²) in [6, 6.07) is 13.7. The van der Waals surface area contributed by atoms with Crippen molar-refractivity contribution in [3.63, 3.8) is 0 Å². The van der Waals surface area contributed by atoms with Crippen molar-refractivity contribution in [2.45, 2.75) is 46.1 Å². The summed E-state index contributed by atoms with van der Waals surface area (Å²) in [4.78, 5) is 43.7. The molecule has 0 spiro atoms. The Morgan fingerprint density at radius 1 is 1.04 bits per heavy atom. The third kappa shape index (κ3) is 5.53. The molecule has 3 saturated heterocycles. The van der Waals surface area contributed by atoms with Crippen LogP contribution in [-0.2, 0) is 4.79 Å². The summed E-state index contributed by atoms with van der Waals surface area (Å²) in [7, 11) is 2.22. The van der Waals surface area contributed by atoms with Crippen LogP contribution in [0.15, 0.2) is 53.5 Å². The number of benzene rings is 2. The number of rotatable bonds is 6. The summed E-state index contributed by atoms with van der Waals surface area (Å²) in [6.45, 7) is 11.7. The van der Waals surface area contributed by atoms with E-state index in [0.29, 0.717) is 47.3 Å². The second-order valence-corrected chi connectivity index (χ2v) is 13.8. The zero-order valence-corrected chi connectivity index (χ0v) is 27.8. The molecule has 3 fully saturated rings. The van der Waals surface area contributed by atoms with E-state index in [2.05, 4.69) is 47.3 Å². The number of nitrogens with zero attached hydrogens (tertiary/aromatic N) is 6. The third-order valence-electron chi connectivity index (χ3n) is 10.2. The first-order chi connectivity index (χ1) is 22.2. The number of hydrogen-bond acceptors (Lipinski definition) is 7. The molecule has 7 rings (SSSR count). The number of piperidine rings is 1. The average molecular weight is 640 g/mol. The van der Waals surface area contributed by atoms with Crippen LogP contribution in [0, 0.1) is 25.7 Å². The molecule has 5 heterocycles. The van der Waals surface area contributed by atoms with Gasteiger partial charge < -0.3 is 20.0 Å². The van der Waals surface area contributed by atoms with Crippen LogP contribution in [0.4, 0.5) is 17.3 Å². The lowest BCUT2D eigenvalue weighted by molar-refractivity contribution is -0.132. The Bertz CT molecular complexity index is 1860. The topological polar surface area (TPSA) is 86.6 Å². The molecule has 0 radical (unpaired) electrons. The van der Waals surface area contributed by atoms with E-state index in [0.717, 1.165) is 54.4 Å². The Balaban J connectivity index is 1.26. The minimum absolute atomic E-state index is 0.0979. The molecule has 2 aromatic carbocycles. The van der Waals surface area contributed by atoms with Gasteiger partial charge in [-0.2, -0.15) is 4.98 Å². The van der Waals surface area contributed by atoms with Gasteiger partial charge in [-0.1, -0.05) is 36.7 Å². The van der Waals surface area contributed by atoms with Gasteiger partial charge in [0.15, 0.2) is 0 Å². The van der Waals surface area contributed by atoms with Gasteiger partial charge in [0.05, 0.1) is 11.6 Å². The smallest absolute Gasteiger partial charge is 0.260 e. The highest BCUT2D eigenvalue weighted by Gasteiger charge is 2.39. The number of fused-ring (bicyclic) bond motifs is 2. The highest BCUT2D eigenvalue weighted by atomic mass is 35.5. The predicted molar refractivity (Wildman–Crippen MR) is 185 cm³/mol. The Labute approximate surface area is 275 Å². The van der Waals surface area contributed by atoms with Crippen molar-refractivity contribution in [1.29, 1.82) is 0 Å². The average Bonchev–Trinajstić information content (AvgIpc) is 3.59. The number of aryl methyl sites for hydroxylation is 2. The molecular formula is C36H42ClN7O2. The number of aromatic nitrogens is 3. The van der Waals surface area contributed by atoms with Crippen molar-refractivity contribution in [3.8, 4) is 11.1 Å². The van der Waals surface area contributed by atoms with Gasteiger partial charge in [0.2, 0.25) is 11.9 Å². The van der Waals surface area contributed by atoms with Crippen LogP contribution in [-0.4, -0.2) is 76.6 Å². The van der Waals surface area contributed by atoms with E-state index < -0.39 is 0 Å². The minimum atomic E-state index is -0.217. The van der Waals surface area contributed by atoms with E-state index >= 15 is 0 Å². The van der Waals surface area contributed by atoms with E-state index in [9.17, 15) is 9.59 Å². The van der Waals surface area contributed by atoms with E-state index in [1.807, 2.05) is 36.9 Å². The molecule has 0 saturated carbocycles. The molecule has 4 aromatic rings. The molecule has 3 atom stereocenters. The Hall–Kier alpha value is -3.95. The first kappa shape index (κ1) is 30.7. The van der Waals surface area contributed by atoms with Crippen molar-refractivity contribution >= 4 is 45.9 Å². The van der Waals surface area contributed by atoms with Gasteiger partial charge in [-0.15, -0.1) is 0 Å². The molecule has 240 valence electrons. The molecule has 3 aliphatic heterocycles. The van der Waals surface area contributed by atoms with Crippen LogP contribution in [0.3, 0.4) is 0 Å². The molecule has 2 aromatic heterocycles. The maximum absolute atomic E-state index is 14.5. The quantitative estimate of drug-likeness (QED) is 0.275. The van der Waals surface area contributed by atoms with Crippen LogP contribution in [0.1, 0.15) is 43.4 Å². The van der Waals surface area contributed by atoms with Crippen LogP contribution >= 0.6 is 11.6 Å². The Kier molecular flexibility index (Phi) is 8.23. The molecule has 46 heavy (non-hydrogen) atoms. The number of pyridine rings is 1. The van der Waals surface area contributed by atoms with Crippen LogP contribution in [0.2, 0.25) is 5.02 Å². The molecule has 0 aliphatic carbocycles. The summed E-state index contributed by atoms with van der Waals surface area (Å²) in [5, 5.41) is 4.72. The minimum Gasteiger partial charge on any atom is -0.371 e. The number of carbonyl (C=O) groups is 1. The summed E-state index contributed by atoms with van der Waals surface area (Å²) >= 11 is 6.64. The SMILES string of the molecule is CCC(=O)N1CCCC(n2c(=O)c(-c3ccccc3Cl)c(C)c3cnc(Nc4ccc(N5C[C@H]6CN(C)C[C@H]6C5)c(C)c4)nc32)C1. The molecule has 9 nitrogen and oxygen atoms in total.